The van der Waals surface area contributed by atoms with Crippen molar-refractivity contribution >= 4 is 9.84 Å². The lowest BCUT2D eigenvalue weighted by molar-refractivity contribution is 0.238. The number of rotatable bonds is 12. The van der Waals surface area contributed by atoms with Crippen LogP contribution in [0.15, 0.2) is 82.6 Å². The fourth-order valence-corrected chi connectivity index (χ4v) is 4.89. The number of sulfone groups is 1. The lowest BCUT2D eigenvalue weighted by Crippen LogP contribution is -2.25. The topological polar surface area (TPSA) is 73.9 Å². The molecule has 6 nitrogen and oxygen atoms in total. The van der Waals surface area contributed by atoms with Crippen LogP contribution in [0.2, 0.25) is 0 Å². The van der Waals surface area contributed by atoms with Gasteiger partial charge in [0.1, 0.15) is 5.75 Å². The molecular formula is C26H31NO5S. The molecule has 0 aliphatic carbocycles. The minimum Gasteiger partial charge on any atom is -0.493 e. The number of ether oxygens (including phenoxy) is 3. The first-order valence-electron chi connectivity index (χ1n) is 10.9. The van der Waals surface area contributed by atoms with E-state index in [2.05, 4.69) is 5.32 Å². The third-order valence-electron chi connectivity index (χ3n) is 5.46. The number of hydrogen-bond acceptors (Lipinski definition) is 6. The lowest BCUT2D eigenvalue weighted by Gasteiger charge is -2.18. The average molecular weight is 470 g/mol. The van der Waals surface area contributed by atoms with Gasteiger partial charge in [-0.2, -0.15) is 0 Å². The molecule has 0 spiro atoms. The van der Waals surface area contributed by atoms with Gasteiger partial charge in [-0.05, 0) is 74.0 Å². The standard InChI is InChI=1S/C26H31NO5S/c1-27-18-21(10-9-20-11-16-25(30-2)26(17-20)31-3)19-32-22-12-14-24(15-13-22)33(28,29)23-7-5-4-6-8-23/h4-8,11-17,21,27H,9-10,18-19H2,1-3H3. The van der Waals surface area contributed by atoms with E-state index in [1.54, 1.807) is 68.8 Å². The van der Waals surface area contributed by atoms with Gasteiger partial charge < -0.3 is 19.5 Å². The molecule has 176 valence electrons. The number of hydrogen-bond donors (Lipinski definition) is 1. The predicted octanol–water partition coefficient (Wildman–Crippen LogP) is 4.38. The second-order valence-electron chi connectivity index (χ2n) is 7.75. The van der Waals surface area contributed by atoms with Crippen molar-refractivity contribution in [2.45, 2.75) is 22.6 Å². The van der Waals surface area contributed by atoms with Crippen LogP contribution in [0.25, 0.3) is 0 Å². The molecule has 1 atom stereocenters. The van der Waals surface area contributed by atoms with E-state index in [9.17, 15) is 8.42 Å². The first-order chi connectivity index (χ1) is 16.0. The van der Waals surface area contributed by atoms with Crippen LogP contribution >= 0.6 is 0 Å². The third-order valence-corrected chi connectivity index (χ3v) is 7.24. The molecule has 1 unspecified atom stereocenters. The molecule has 0 aromatic heterocycles. The Morgan fingerprint density at radius 3 is 2.15 bits per heavy atom. The summed E-state index contributed by atoms with van der Waals surface area (Å²) in [7, 11) is 1.65. The molecule has 0 saturated heterocycles. The molecule has 3 aromatic rings. The first kappa shape index (κ1) is 24.6. The van der Waals surface area contributed by atoms with Crippen LogP contribution in [0.4, 0.5) is 0 Å². The van der Waals surface area contributed by atoms with E-state index < -0.39 is 9.84 Å². The Balaban J connectivity index is 1.60. The fourth-order valence-electron chi connectivity index (χ4n) is 3.60. The van der Waals surface area contributed by atoms with Gasteiger partial charge in [0.05, 0.1) is 30.6 Å². The maximum Gasteiger partial charge on any atom is 0.206 e. The van der Waals surface area contributed by atoms with Crippen molar-refractivity contribution in [1.29, 1.82) is 0 Å². The van der Waals surface area contributed by atoms with E-state index >= 15 is 0 Å². The van der Waals surface area contributed by atoms with E-state index in [-0.39, 0.29) is 15.7 Å². The largest absolute Gasteiger partial charge is 0.493 e. The Hall–Kier alpha value is -3.03. The molecule has 1 N–H and O–H groups in total. The molecule has 33 heavy (non-hydrogen) atoms. The maximum atomic E-state index is 12.7. The van der Waals surface area contributed by atoms with Crippen molar-refractivity contribution in [3.63, 3.8) is 0 Å². The molecule has 0 aliphatic rings. The van der Waals surface area contributed by atoms with Crippen molar-refractivity contribution in [2.75, 3.05) is 34.4 Å². The molecule has 3 rings (SSSR count). The minimum atomic E-state index is -3.53. The van der Waals surface area contributed by atoms with E-state index in [0.717, 1.165) is 25.1 Å². The highest BCUT2D eigenvalue weighted by Gasteiger charge is 2.17. The van der Waals surface area contributed by atoms with Crippen LogP contribution in [0, 0.1) is 5.92 Å². The summed E-state index contributed by atoms with van der Waals surface area (Å²) in [5.41, 5.74) is 1.17. The second-order valence-corrected chi connectivity index (χ2v) is 9.70. The summed E-state index contributed by atoms with van der Waals surface area (Å²) in [4.78, 5) is 0.532. The molecule has 0 radical (unpaired) electrons. The molecule has 0 heterocycles. The normalized spacial score (nSPS) is 12.2. The minimum absolute atomic E-state index is 0.251. The Kier molecular flexibility index (Phi) is 8.74. The highest BCUT2D eigenvalue weighted by Crippen LogP contribution is 2.28. The Morgan fingerprint density at radius 2 is 1.52 bits per heavy atom. The maximum absolute atomic E-state index is 12.7. The van der Waals surface area contributed by atoms with Crippen LogP contribution in [0.1, 0.15) is 12.0 Å². The summed E-state index contributed by atoms with van der Waals surface area (Å²) in [5, 5.41) is 3.22. The van der Waals surface area contributed by atoms with Crippen molar-refractivity contribution in [2.24, 2.45) is 5.92 Å². The quantitative estimate of drug-likeness (QED) is 0.424. The zero-order valence-electron chi connectivity index (χ0n) is 19.3. The monoisotopic (exact) mass is 469 g/mol. The molecule has 0 aliphatic heterocycles. The van der Waals surface area contributed by atoms with Gasteiger partial charge in [-0.3, -0.25) is 0 Å². The van der Waals surface area contributed by atoms with Gasteiger partial charge in [-0.1, -0.05) is 24.3 Å². The smallest absolute Gasteiger partial charge is 0.206 e. The number of methoxy groups -OCH3 is 2. The van der Waals surface area contributed by atoms with E-state index in [0.29, 0.717) is 18.1 Å². The van der Waals surface area contributed by atoms with Gasteiger partial charge in [0, 0.05) is 12.5 Å². The molecule has 0 bridgehead atoms. The zero-order chi connectivity index (χ0) is 23.7. The average Bonchev–Trinajstić information content (AvgIpc) is 2.86. The summed E-state index contributed by atoms with van der Waals surface area (Å²) in [5.74, 6) is 2.38. The van der Waals surface area contributed by atoms with Gasteiger partial charge in [-0.15, -0.1) is 0 Å². The van der Waals surface area contributed by atoms with Crippen LogP contribution in [-0.2, 0) is 16.3 Å². The highest BCUT2D eigenvalue weighted by atomic mass is 32.2. The van der Waals surface area contributed by atoms with Gasteiger partial charge in [0.2, 0.25) is 9.84 Å². The third kappa shape index (κ3) is 6.49. The van der Waals surface area contributed by atoms with Gasteiger partial charge in [-0.25, -0.2) is 8.42 Å². The van der Waals surface area contributed by atoms with Crippen LogP contribution < -0.4 is 19.5 Å². The molecule has 3 aromatic carbocycles. The lowest BCUT2D eigenvalue weighted by atomic mass is 9.99. The Labute approximate surface area is 196 Å². The molecule has 0 saturated carbocycles. The van der Waals surface area contributed by atoms with E-state index in [1.807, 2.05) is 25.2 Å². The number of benzene rings is 3. The van der Waals surface area contributed by atoms with E-state index in [1.165, 1.54) is 5.56 Å². The molecule has 0 fully saturated rings. The highest BCUT2D eigenvalue weighted by molar-refractivity contribution is 7.91. The SMILES string of the molecule is CNCC(CCc1ccc(OC)c(OC)c1)COc1ccc(S(=O)(=O)c2ccccc2)cc1. The van der Waals surface area contributed by atoms with Crippen LogP contribution in [-0.4, -0.2) is 42.8 Å². The molecule has 0 amide bonds. The molecular weight excluding hydrogens is 438 g/mol. The number of nitrogens with one attached hydrogen (secondary N) is 1. The van der Waals surface area contributed by atoms with Crippen LogP contribution in [0.3, 0.4) is 0 Å². The van der Waals surface area contributed by atoms with E-state index in [4.69, 9.17) is 14.2 Å². The summed E-state index contributed by atoms with van der Waals surface area (Å²) < 4.78 is 42.2. The van der Waals surface area contributed by atoms with Crippen molar-refractivity contribution in [3.8, 4) is 17.2 Å². The Morgan fingerprint density at radius 1 is 0.848 bits per heavy atom. The second kappa shape index (κ2) is 11.7. The summed E-state index contributed by atoms with van der Waals surface area (Å²) in [6.45, 7) is 1.34. The molecule has 7 heteroatoms. The van der Waals surface area contributed by atoms with Crippen molar-refractivity contribution in [3.05, 3.63) is 78.4 Å². The Bertz CT molecular complexity index is 1120. The summed E-state index contributed by atoms with van der Waals surface area (Å²) in [6.07, 6.45) is 1.81. The summed E-state index contributed by atoms with van der Waals surface area (Å²) in [6, 6.07) is 21.0. The summed E-state index contributed by atoms with van der Waals surface area (Å²) >= 11 is 0. The van der Waals surface area contributed by atoms with Gasteiger partial charge in [0.25, 0.3) is 0 Å². The van der Waals surface area contributed by atoms with Crippen molar-refractivity contribution < 1.29 is 22.6 Å². The fraction of sp³-hybridized carbons (Fsp3) is 0.308. The van der Waals surface area contributed by atoms with Crippen molar-refractivity contribution in [1.82, 2.24) is 5.32 Å². The predicted molar refractivity (Wildman–Crippen MR) is 129 cm³/mol. The van der Waals surface area contributed by atoms with Gasteiger partial charge >= 0.3 is 0 Å². The van der Waals surface area contributed by atoms with Crippen LogP contribution in [0.5, 0.6) is 17.2 Å². The first-order valence-corrected chi connectivity index (χ1v) is 12.3. The van der Waals surface area contributed by atoms with Gasteiger partial charge in [0.15, 0.2) is 11.5 Å². The number of aryl methyl sites for hydroxylation is 1. The zero-order valence-corrected chi connectivity index (χ0v) is 20.1.